The van der Waals surface area contributed by atoms with Crippen LogP contribution in [0.3, 0.4) is 0 Å². The minimum absolute atomic E-state index is 0.0122. The lowest BCUT2D eigenvalue weighted by molar-refractivity contribution is 0.0218. The normalized spacial score (nSPS) is 15.4. The van der Waals surface area contributed by atoms with Crippen molar-refractivity contribution in [1.29, 1.82) is 0 Å². The first kappa shape index (κ1) is 40.3. The molecule has 4 aromatic rings. The number of anilines is 1. The lowest BCUT2D eigenvalue weighted by atomic mass is 10.1. The van der Waals surface area contributed by atoms with E-state index in [0.717, 1.165) is 10.4 Å². The summed E-state index contributed by atoms with van der Waals surface area (Å²) in [6.45, 7) is 17.5. The maximum absolute atomic E-state index is 13.8. The molecule has 0 N–H and O–H groups in total. The van der Waals surface area contributed by atoms with Crippen LogP contribution in [0.2, 0.25) is 0 Å². The smallest absolute Gasteiger partial charge is 0.425 e. The van der Waals surface area contributed by atoms with Gasteiger partial charge in [-0.25, -0.2) is 32.8 Å². The SMILES string of the molecule is Cc1ccsc1-c1nnc(-c2nc(-c3ccc(S(=O)(=O)C4CCCN(C(=O)OC(C)(C)C)C4)cc3)cnc2N(C(=O)OC(C)(C)C)C(=O)OC(C)(C)C)o1. The third kappa shape index (κ3) is 9.60. The Bertz CT molecular complexity index is 2100. The molecule has 1 aliphatic rings. The van der Waals surface area contributed by atoms with Crippen LogP contribution in [0.1, 0.15) is 80.7 Å². The number of ether oxygens (including phenoxy) is 3. The zero-order chi connectivity index (χ0) is 39.8. The number of sulfone groups is 1. The zero-order valence-electron chi connectivity index (χ0n) is 32.1. The van der Waals surface area contributed by atoms with Gasteiger partial charge in [0.2, 0.25) is 0 Å². The quantitative estimate of drug-likeness (QED) is 0.171. The van der Waals surface area contributed by atoms with Gasteiger partial charge >= 0.3 is 18.3 Å². The van der Waals surface area contributed by atoms with Gasteiger partial charge in [-0.1, -0.05) is 12.1 Å². The highest BCUT2D eigenvalue weighted by atomic mass is 32.2. The number of likely N-dealkylation sites (tertiary alicyclic amines) is 1. The van der Waals surface area contributed by atoms with Crippen LogP contribution in [0, 0.1) is 6.92 Å². The summed E-state index contributed by atoms with van der Waals surface area (Å²) in [5.41, 5.74) is -1.22. The topological polar surface area (TPSA) is 184 Å². The van der Waals surface area contributed by atoms with E-state index in [1.165, 1.54) is 34.6 Å². The number of hydrogen-bond acceptors (Lipinski definition) is 14. The van der Waals surface area contributed by atoms with Crippen molar-refractivity contribution in [2.45, 2.75) is 109 Å². The van der Waals surface area contributed by atoms with Gasteiger partial charge in [0.05, 0.1) is 26.9 Å². The molecule has 0 bridgehead atoms. The molecular formula is C37H46N6O9S2. The highest BCUT2D eigenvalue weighted by Crippen LogP contribution is 2.35. The van der Waals surface area contributed by atoms with E-state index in [4.69, 9.17) is 23.6 Å². The van der Waals surface area contributed by atoms with E-state index in [0.29, 0.717) is 29.8 Å². The maximum Gasteiger partial charge on any atom is 0.425 e. The highest BCUT2D eigenvalue weighted by Gasteiger charge is 2.38. The molecule has 5 rings (SSSR count). The van der Waals surface area contributed by atoms with Crippen LogP contribution < -0.4 is 4.90 Å². The number of imide groups is 1. The van der Waals surface area contributed by atoms with Crippen LogP contribution in [0.25, 0.3) is 33.6 Å². The zero-order valence-corrected chi connectivity index (χ0v) is 33.8. The molecule has 1 aromatic carbocycles. The molecule has 54 heavy (non-hydrogen) atoms. The van der Waals surface area contributed by atoms with E-state index < -0.39 is 50.2 Å². The van der Waals surface area contributed by atoms with Gasteiger partial charge in [0.25, 0.3) is 11.8 Å². The van der Waals surface area contributed by atoms with Crippen LogP contribution >= 0.6 is 11.3 Å². The summed E-state index contributed by atoms with van der Waals surface area (Å²) in [6.07, 6.45) is -0.467. The van der Waals surface area contributed by atoms with Gasteiger partial charge < -0.3 is 23.5 Å². The molecule has 0 radical (unpaired) electrons. The van der Waals surface area contributed by atoms with Gasteiger partial charge in [0.15, 0.2) is 21.3 Å². The van der Waals surface area contributed by atoms with Crippen LogP contribution in [-0.2, 0) is 24.0 Å². The van der Waals surface area contributed by atoms with Gasteiger partial charge in [-0.15, -0.1) is 21.5 Å². The van der Waals surface area contributed by atoms with Crippen molar-refractivity contribution < 1.29 is 41.4 Å². The summed E-state index contributed by atoms with van der Waals surface area (Å²) in [5.74, 6) is -0.240. The fourth-order valence-corrected chi connectivity index (χ4v) is 7.98. The summed E-state index contributed by atoms with van der Waals surface area (Å²) in [4.78, 5) is 52.0. The van der Waals surface area contributed by atoms with Crippen molar-refractivity contribution in [1.82, 2.24) is 25.1 Å². The van der Waals surface area contributed by atoms with Gasteiger partial charge in [-0.05, 0) is 111 Å². The fraction of sp³-hybridized carbons (Fsp3) is 0.486. The number of carbonyl (C=O) groups excluding carboxylic acids is 3. The average Bonchev–Trinajstić information content (AvgIpc) is 3.72. The van der Waals surface area contributed by atoms with E-state index in [1.807, 2.05) is 18.4 Å². The van der Waals surface area contributed by atoms with Crippen molar-refractivity contribution in [2.75, 3.05) is 18.0 Å². The number of nitrogens with zero attached hydrogens (tertiary/aromatic N) is 6. The Hall–Kier alpha value is -4.90. The minimum Gasteiger partial charge on any atom is -0.444 e. The third-order valence-corrected chi connectivity index (χ3v) is 10.9. The molecule has 1 unspecified atom stereocenters. The number of amides is 3. The Labute approximate surface area is 319 Å². The molecule has 1 saturated heterocycles. The second kappa shape index (κ2) is 15.1. The Morgan fingerprint density at radius 1 is 0.870 bits per heavy atom. The van der Waals surface area contributed by atoms with E-state index in [1.54, 1.807) is 74.4 Å². The highest BCUT2D eigenvalue weighted by molar-refractivity contribution is 7.92. The predicted molar refractivity (Wildman–Crippen MR) is 202 cm³/mol. The molecule has 1 atom stereocenters. The van der Waals surface area contributed by atoms with Crippen LogP contribution in [0.5, 0.6) is 0 Å². The summed E-state index contributed by atoms with van der Waals surface area (Å²) < 4.78 is 50.2. The molecule has 0 aliphatic carbocycles. The van der Waals surface area contributed by atoms with E-state index >= 15 is 0 Å². The lowest BCUT2D eigenvalue weighted by Gasteiger charge is -2.33. The lowest BCUT2D eigenvalue weighted by Crippen LogP contribution is -2.47. The molecule has 1 aliphatic heterocycles. The molecule has 0 spiro atoms. The molecule has 4 heterocycles. The van der Waals surface area contributed by atoms with E-state index in [2.05, 4.69) is 15.2 Å². The molecule has 290 valence electrons. The number of carbonyl (C=O) groups is 3. The average molecular weight is 783 g/mol. The number of benzene rings is 1. The summed E-state index contributed by atoms with van der Waals surface area (Å²) in [6, 6.07) is 7.97. The maximum atomic E-state index is 13.8. The van der Waals surface area contributed by atoms with E-state index in [-0.39, 0.29) is 40.4 Å². The summed E-state index contributed by atoms with van der Waals surface area (Å²) in [7, 11) is -3.84. The van der Waals surface area contributed by atoms with Gasteiger partial charge in [0, 0.05) is 18.7 Å². The molecule has 0 saturated carbocycles. The number of thiophene rings is 1. The molecule has 15 nitrogen and oxygen atoms in total. The van der Waals surface area contributed by atoms with E-state index in [9.17, 15) is 22.8 Å². The minimum atomic E-state index is -3.84. The first-order valence-electron chi connectivity index (χ1n) is 17.4. The number of aryl methyl sites for hydroxylation is 1. The molecule has 17 heteroatoms. The first-order chi connectivity index (χ1) is 25.0. The Morgan fingerprint density at radius 2 is 1.46 bits per heavy atom. The Morgan fingerprint density at radius 3 is 2.02 bits per heavy atom. The fourth-order valence-electron chi connectivity index (χ4n) is 5.39. The van der Waals surface area contributed by atoms with Crippen molar-refractivity contribution >= 4 is 45.3 Å². The Balaban J connectivity index is 1.54. The van der Waals surface area contributed by atoms with Gasteiger partial charge in [-0.2, -0.15) is 4.90 Å². The van der Waals surface area contributed by atoms with Crippen molar-refractivity contribution in [2.24, 2.45) is 0 Å². The van der Waals surface area contributed by atoms with Gasteiger partial charge in [-0.3, -0.25) is 0 Å². The first-order valence-corrected chi connectivity index (χ1v) is 19.8. The standard InChI is InChI=1S/C37H46N6O9S2/c1-22-17-19-53-28(22)31-41-40-30(49-31)27-29(43(33(45)51-36(5,6)7)34(46)52-37(8,9)10)38-20-26(39-27)23-13-15-24(16-14-23)54(47,48)25-12-11-18-42(21-25)32(44)50-35(2,3)4/h13-17,19-20,25H,11-12,18,21H2,1-10H3. The van der Waals surface area contributed by atoms with Gasteiger partial charge in [0.1, 0.15) is 16.8 Å². The number of aromatic nitrogens is 4. The van der Waals surface area contributed by atoms with Crippen LogP contribution in [0.15, 0.2) is 51.2 Å². The Kier molecular flexibility index (Phi) is 11.3. The number of hydrogen-bond donors (Lipinski definition) is 0. The monoisotopic (exact) mass is 782 g/mol. The molecule has 1 fully saturated rings. The summed E-state index contributed by atoms with van der Waals surface area (Å²) >= 11 is 1.40. The third-order valence-electron chi connectivity index (χ3n) is 7.75. The van der Waals surface area contributed by atoms with Crippen molar-refractivity contribution in [3.05, 3.63) is 47.5 Å². The summed E-state index contributed by atoms with van der Waals surface area (Å²) in [5, 5.41) is 9.46. The van der Waals surface area contributed by atoms with Crippen LogP contribution in [0.4, 0.5) is 20.2 Å². The molecular weight excluding hydrogens is 737 g/mol. The van der Waals surface area contributed by atoms with Crippen molar-refractivity contribution in [3.8, 4) is 33.6 Å². The molecule has 3 aromatic heterocycles. The van der Waals surface area contributed by atoms with Crippen molar-refractivity contribution in [3.63, 3.8) is 0 Å². The molecule has 3 amide bonds. The van der Waals surface area contributed by atoms with Crippen LogP contribution in [-0.4, -0.2) is 86.9 Å². The number of piperidine rings is 1. The number of rotatable bonds is 6. The second-order valence-corrected chi connectivity index (χ2v) is 19.0. The predicted octanol–water partition coefficient (Wildman–Crippen LogP) is 8.08. The second-order valence-electron chi connectivity index (χ2n) is 15.8. The largest absolute Gasteiger partial charge is 0.444 e.